The van der Waals surface area contributed by atoms with E-state index in [0.29, 0.717) is 33.8 Å². The summed E-state index contributed by atoms with van der Waals surface area (Å²) in [5, 5.41) is 2.20. The molecule has 1 aliphatic rings. The summed E-state index contributed by atoms with van der Waals surface area (Å²) in [6.07, 6.45) is 1.40. The van der Waals surface area contributed by atoms with Gasteiger partial charge in [0.1, 0.15) is 12.2 Å². The number of benzene rings is 3. The maximum atomic E-state index is 13.3. The molecule has 200 valence electrons. The van der Waals surface area contributed by atoms with Crippen molar-refractivity contribution in [2.75, 3.05) is 18.1 Å². The average molecular weight is 640 g/mol. The Morgan fingerprint density at radius 1 is 0.949 bits per heavy atom. The topological polar surface area (TPSA) is 111 Å². The summed E-state index contributed by atoms with van der Waals surface area (Å²) < 4.78 is 17.5. The third-order valence-corrected chi connectivity index (χ3v) is 6.41. The molecule has 0 saturated carbocycles. The predicted molar refractivity (Wildman–Crippen MR) is 153 cm³/mol. The summed E-state index contributed by atoms with van der Waals surface area (Å²) in [6.45, 7) is 4.46. The number of amides is 4. The van der Waals surface area contributed by atoms with Gasteiger partial charge in [0.2, 0.25) is 0 Å². The normalized spacial score (nSPS) is 14.3. The van der Waals surface area contributed by atoms with Crippen molar-refractivity contribution in [2.45, 2.75) is 20.5 Å². The Hall–Kier alpha value is -4.19. The van der Waals surface area contributed by atoms with E-state index in [-0.39, 0.29) is 23.4 Å². The maximum absolute atomic E-state index is 13.3. The molecule has 1 aliphatic heterocycles. The monoisotopic (exact) mass is 640 g/mol. The van der Waals surface area contributed by atoms with Crippen molar-refractivity contribution in [1.29, 1.82) is 0 Å². The molecule has 39 heavy (non-hydrogen) atoms. The van der Waals surface area contributed by atoms with Crippen molar-refractivity contribution in [1.82, 2.24) is 5.32 Å². The third kappa shape index (κ3) is 6.45. The van der Waals surface area contributed by atoms with Gasteiger partial charge in [-0.25, -0.2) is 14.5 Å². The molecule has 0 spiro atoms. The van der Waals surface area contributed by atoms with Gasteiger partial charge < -0.3 is 14.2 Å². The minimum absolute atomic E-state index is 0.193. The fourth-order valence-corrected chi connectivity index (χ4v) is 4.60. The number of ether oxygens (including phenoxy) is 3. The number of carbonyl (C=O) groups is 4. The van der Waals surface area contributed by atoms with Gasteiger partial charge in [0.25, 0.3) is 11.8 Å². The molecule has 1 heterocycles. The number of nitrogens with one attached hydrogen (secondary N) is 1. The van der Waals surface area contributed by atoms with Crippen molar-refractivity contribution in [2.24, 2.45) is 0 Å². The van der Waals surface area contributed by atoms with Gasteiger partial charge in [0.15, 0.2) is 11.5 Å². The molecule has 1 saturated heterocycles. The molecule has 0 bridgehead atoms. The molecule has 10 heteroatoms. The van der Waals surface area contributed by atoms with E-state index in [9.17, 15) is 19.2 Å². The van der Waals surface area contributed by atoms with Crippen molar-refractivity contribution in [3.63, 3.8) is 0 Å². The lowest BCUT2D eigenvalue weighted by molar-refractivity contribution is -0.122. The molecule has 4 rings (SSSR count). The van der Waals surface area contributed by atoms with Gasteiger partial charge >= 0.3 is 12.0 Å². The standard InChI is InChI=1S/C29H25IN2O7/c1-3-37-24-16-19(15-23(30)25(24)39-17-18-8-6-5-7-9-18)14-22-26(33)31-29(36)32(27(22)34)21-12-10-20(11-13-21)28(35)38-4-2/h5-16H,3-4,17H2,1-2H3,(H,31,33,36)/b22-14+. The second kappa shape index (κ2) is 12.6. The molecule has 3 aromatic carbocycles. The number of nitrogens with zero attached hydrogens (tertiary/aromatic N) is 1. The minimum atomic E-state index is -0.889. The van der Waals surface area contributed by atoms with Crippen LogP contribution in [0.1, 0.15) is 35.3 Å². The number of halogens is 1. The van der Waals surface area contributed by atoms with Crippen LogP contribution < -0.4 is 19.7 Å². The molecule has 1 fully saturated rings. The highest BCUT2D eigenvalue weighted by Crippen LogP contribution is 2.36. The van der Waals surface area contributed by atoms with E-state index in [1.165, 1.54) is 30.3 Å². The van der Waals surface area contributed by atoms with E-state index in [2.05, 4.69) is 27.9 Å². The number of esters is 1. The van der Waals surface area contributed by atoms with Crippen molar-refractivity contribution in [3.05, 3.63) is 92.6 Å². The van der Waals surface area contributed by atoms with E-state index in [1.807, 2.05) is 37.3 Å². The summed E-state index contributed by atoms with van der Waals surface area (Å²) in [5.74, 6) is -1.14. The Labute approximate surface area is 238 Å². The second-order valence-electron chi connectivity index (χ2n) is 8.26. The van der Waals surface area contributed by atoms with Gasteiger partial charge in [-0.05, 0) is 90.0 Å². The van der Waals surface area contributed by atoms with Crippen molar-refractivity contribution < 1.29 is 33.4 Å². The lowest BCUT2D eigenvalue weighted by Gasteiger charge is -2.26. The molecule has 4 amide bonds. The molecule has 0 aliphatic carbocycles. The highest BCUT2D eigenvalue weighted by atomic mass is 127. The van der Waals surface area contributed by atoms with Crippen LogP contribution in [0.25, 0.3) is 6.08 Å². The van der Waals surface area contributed by atoms with Crippen molar-refractivity contribution >= 4 is 58.2 Å². The Bertz CT molecular complexity index is 1440. The maximum Gasteiger partial charge on any atom is 0.338 e. The lowest BCUT2D eigenvalue weighted by atomic mass is 10.1. The summed E-state index contributed by atoms with van der Waals surface area (Å²) in [7, 11) is 0. The number of barbiturate groups is 1. The Morgan fingerprint density at radius 3 is 2.33 bits per heavy atom. The molecule has 9 nitrogen and oxygen atoms in total. The van der Waals surface area contributed by atoms with Crippen LogP contribution in [0, 0.1) is 3.57 Å². The van der Waals surface area contributed by atoms with Gasteiger partial charge in [-0.15, -0.1) is 0 Å². The zero-order valence-electron chi connectivity index (χ0n) is 21.2. The van der Waals surface area contributed by atoms with Gasteiger partial charge in [-0.2, -0.15) is 0 Å². The first-order chi connectivity index (χ1) is 18.8. The molecule has 0 unspecified atom stereocenters. The van der Waals surface area contributed by atoms with Crippen LogP contribution in [0.5, 0.6) is 11.5 Å². The average Bonchev–Trinajstić information content (AvgIpc) is 2.92. The van der Waals surface area contributed by atoms with Gasteiger partial charge in [0, 0.05) is 0 Å². The van der Waals surface area contributed by atoms with E-state index >= 15 is 0 Å². The third-order valence-electron chi connectivity index (χ3n) is 5.61. The van der Waals surface area contributed by atoms with Crippen molar-refractivity contribution in [3.8, 4) is 11.5 Å². The van der Waals surface area contributed by atoms with E-state index < -0.39 is 23.8 Å². The van der Waals surface area contributed by atoms with Crippen LogP contribution >= 0.6 is 22.6 Å². The number of urea groups is 1. The molecular weight excluding hydrogens is 615 g/mol. The molecule has 1 N–H and O–H groups in total. The number of imide groups is 2. The SMILES string of the molecule is CCOC(=O)c1ccc(N2C(=O)NC(=O)/C(=C\c3cc(I)c(OCc4ccccc4)c(OCC)c3)C2=O)cc1. The fraction of sp³-hybridized carbons (Fsp3) is 0.172. The Balaban J connectivity index is 1.63. The van der Waals surface area contributed by atoms with Gasteiger partial charge in [-0.1, -0.05) is 30.3 Å². The first-order valence-corrected chi connectivity index (χ1v) is 13.2. The highest BCUT2D eigenvalue weighted by molar-refractivity contribution is 14.1. The van der Waals surface area contributed by atoms with Crippen LogP contribution in [0.15, 0.2) is 72.3 Å². The van der Waals surface area contributed by atoms with E-state index in [4.69, 9.17) is 14.2 Å². The van der Waals surface area contributed by atoms with E-state index in [1.54, 1.807) is 19.1 Å². The molecular formula is C29H25IN2O7. The summed E-state index contributed by atoms with van der Waals surface area (Å²) in [4.78, 5) is 51.3. The highest BCUT2D eigenvalue weighted by Gasteiger charge is 2.37. The molecule has 0 atom stereocenters. The summed E-state index contributed by atoms with van der Waals surface area (Å²) >= 11 is 2.11. The first kappa shape index (κ1) is 27.8. The Kier molecular flexibility index (Phi) is 8.97. The van der Waals surface area contributed by atoms with Crippen LogP contribution in [0.2, 0.25) is 0 Å². The minimum Gasteiger partial charge on any atom is -0.490 e. The van der Waals surface area contributed by atoms with Crippen LogP contribution in [-0.4, -0.2) is 37.0 Å². The van der Waals surface area contributed by atoms with Crippen LogP contribution in [0.4, 0.5) is 10.5 Å². The summed E-state index contributed by atoms with van der Waals surface area (Å²) in [6, 6.07) is 18.0. The first-order valence-electron chi connectivity index (χ1n) is 12.1. The number of hydrogen-bond donors (Lipinski definition) is 1. The predicted octanol–water partition coefficient (Wildman–Crippen LogP) is 5.11. The van der Waals surface area contributed by atoms with E-state index in [0.717, 1.165) is 10.5 Å². The number of carbonyl (C=O) groups excluding carboxylic acids is 4. The number of hydrogen-bond acceptors (Lipinski definition) is 7. The second-order valence-corrected chi connectivity index (χ2v) is 9.42. The molecule has 3 aromatic rings. The Morgan fingerprint density at radius 2 is 1.67 bits per heavy atom. The van der Waals surface area contributed by atoms with Crippen LogP contribution in [-0.2, 0) is 20.9 Å². The van der Waals surface area contributed by atoms with Crippen LogP contribution in [0.3, 0.4) is 0 Å². The summed E-state index contributed by atoms with van der Waals surface area (Å²) in [5.41, 5.74) is 1.73. The van der Waals surface area contributed by atoms with Gasteiger partial charge in [0.05, 0.1) is 28.0 Å². The zero-order valence-corrected chi connectivity index (χ0v) is 23.4. The zero-order chi connectivity index (χ0) is 27.9. The molecule has 0 radical (unpaired) electrons. The fourth-order valence-electron chi connectivity index (χ4n) is 3.82. The van der Waals surface area contributed by atoms with Gasteiger partial charge in [-0.3, -0.25) is 14.9 Å². The number of anilines is 1. The number of rotatable bonds is 9. The lowest BCUT2D eigenvalue weighted by Crippen LogP contribution is -2.54. The quantitative estimate of drug-likeness (QED) is 0.150. The smallest absolute Gasteiger partial charge is 0.338 e. The molecule has 0 aromatic heterocycles. The largest absolute Gasteiger partial charge is 0.490 e.